The summed E-state index contributed by atoms with van der Waals surface area (Å²) in [4.78, 5) is 3.98. The van der Waals surface area contributed by atoms with E-state index in [0.717, 1.165) is 0 Å². The second kappa shape index (κ2) is 5.81. The second-order valence-corrected chi connectivity index (χ2v) is 11.6. The Morgan fingerprint density at radius 3 is 2.47 bits per heavy atom. The number of alkyl halides is 3. The summed E-state index contributed by atoms with van der Waals surface area (Å²) < 4.78 is 62.9. The number of nitrogens with zero attached hydrogens (tertiary/aromatic N) is 1. The predicted molar refractivity (Wildman–Crippen MR) is 68.5 cm³/mol. The molecule has 1 aromatic heterocycles. The van der Waals surface area contributed by atoms with Crippen molar-refractivity contribution in [2.75, 3.05) is 5.38 Å². The van der Waals surface area contributed by atoms with Crippen LogP contribution in [0.15, 0.2) is 29.4 Å². The Labute approximate surface area is 114 Å². The Bertz CT molecular complexity index is 519. The van der Waals surface area contributed by atoms with Crippen LogP contribution in [0, 0.1) is 0 Å². The van der Waals surface area contributed by atoms with Gasteiger partial charge >= 0.3 is 15.6 Å². The third-order valence-electron chi connectivity index (χ3n) is 1.82. The maximum Gasteiger partial charge on any atom is 0.522 e. The third-order valence-corrected chi connectivity index (χ3v) is 8.97. The van der Waals surface area contributed by atoms with E-state index in [1.165, 1.54) is 24.9 Å². The lowest BCUT2D eigenvalue weighted by molar-refractivity contribution is -0.0503. The summed E-state index contributed by atoms with van der Waals surface area (Å²) in [5, 5.41) is 0.760. The molecule has 1 rings (SSSR count). The van der Waals surface area contributed by atoms with Crippen LogP contribution >= 0.6 is 11.8 Å². The van der Waals surface area contributed by atoms with E-state index < -0.39 is 23.9 Å². The molecular weight excluding hydrogens is 319 g/mol. The fraction of sp³-hybridized carbons (Fsp3) is 0.444. The van der Waals surface area contributed by atoms with E-state index >= 15 is 0 Å². The third kappa shape index (κ3) is 5.13. The highest BCUT2D eigenvalue weighted by Crippen LogP contribution is 2.29. The topological polar surface area (TPSA) is 56.3 Å². The zero-order valence-corrected chi connectivity index (χ0v) is 12.8. The lowest BCUT2D eigenvalue weighted by Gasteiger charge is -2.22. The lowest BCUT2D eigenvalue weighted by Crippen LogP contribution is -2.41. The van der Waals surface area contributed by atoms with Gasteiger partial charge in [-0.3, -0.25) is 0 Å². The molecule has 0 bridgehead atoms. The molecule has 19 heavy (non-hydrogen) atoms. The number of hydrogen-bond donors (Lipinski definition) is 0. The summed E-state index contributed by atoms with van der Waals surface area (Å²) in [5.41, 5.74) is -5.38. The molecule has 0 unspecified atom stereocenters. The minimum Gasteiger partial charge on any atom is -0.308 e. The number of pyridine rings is 1. The molecule has 0 aliphatic rings. The van der Waals surface area contributed by atoms with Gasteiger partial charge in [0.25, 0.3) is 0 Å². The molecule has 0 aliphatic carbocycles. The molecule has 0 amide bonds. The van der Waals surface area contributed by atoms with Gasteiger partial charge in [-0.1, -0.05) is 6.07 Å². The molecule has 0 aromatic carbocycles. The van der Waals surface area contributed by atoms with Crippen molar-refractivity contribution in [3.05, 3.63) is 24.4 Å². The van der Waals surface area contributed by atoms with Crippen LogP contribution in [0.3, 0.4) is 0 Å². The van der Waals surface area contributed by atoms with E-state index in [9.17, 15) is 21.6 Å². The van der Waals surface area contributed by atoms with Crippen LogP contribution in [-0.4, -0.2) is 32.6 Å². The van der Waals surface area contributed by atoms with Crippen molar-refractivity contribution in [1.82, 2.24) is 4.98 Å². The van der Waals surface area contributed by atoms with E-state index in [4.69, 9.17) is 0 Å². The number of aromatic nitrogens is 1. The smallest absolute Gasteiger partial charge is 0.308 e. The molecule has 1 heterocycles. The highest BCUT2D eigenvalue weighted by Gasteiger charge is 2.50. The minimum atomic E-state index is -5.53. The molecule has 108 valence electrons. The second-order valence-electron chi connectivity index (χ2n) is 4.20. The molecule has 4 nitrogen and oxygen atoms in total. The highest BCUT2D eigenvalue weighted by atomic mass is 32.2. The van der Waals surface area contributed by atoms with Gasteiger partial charge in [0.15, 0.2) is 0 Å². The van der Waals surface area contributed by atoms with Gasteiger partial charge in [-0.25, -0.2) is 4.98 Å². The Morgan fingerprint density at radius 2 is 2.00 bits per heavy atom. The normalized spacial score (nSPS) is 13.5. The van der Waals surface area contributed by atoms with Gasteiger partial charge in [-0.2, -0.15) is 21.6 Å². The van der Waals surface area contributed by atoms with Crippen LogP contribution in [0.1, 0.15) is 0 Å². The summed E-state index contributed by atoms with van der Waals surface area (Å²) >= 11 is 1.17. The first kappa shape index (κ1) is 16.5. The first-order chi connectivity index (χ1) is 8.54. The van der Waals surface area contributed by atoms with Gasteiger partial charge in [0, 0.05) is 11.6 Å². The summed E-state index contributed by atoms with van der Waals surface area (Å²) in [7, 11) is -8.55. The molecule has 0 atom stereocenters. The van der Waals surface area contributed by atoms with E-state index in [1.807, 2.05) is 0 Å². The van der Waals surface area contributed by atoms with Gasteiger partial charge in [0.2, 0.25) is 8.32 Å². The van der Waals surface area contributed by atoms with Gasteiger partial charge in [-0.05, 0) is 25.2 Å². The Hall–Kier alpha value is -0.583. The van der Waals surface area contributed by atoms with Gasteiger partial charge in [-0.15, -0.1) is 11.8 Å². The number of rotatable bonds is 5. The van der Waals surface area contributed by atoms with E-state index in [1.54, 1.807) is 24.4 Å². The van der Waals surface area contributed by atoms with Crippen molar-refractivity contribution in [2.45, 2.75) is 23.6 Å². The monoisotopic (exact) mass is 331 g/mol. The van der Waals surface area contributed by atoms with Crippen LogP contribution in [0.4, 0.5) is 13.2 Å². The fourth-order valence-corrected chi connectivity index (χ4v) is 6.72. The zero-order valence-electron chi connectivity index (χ0n) is 10.1. The molecule has 0 spiro atoms. The van der Waals surface area contributed by atoms with Crippen molar-refractivity contribution in [3.63, 3.8) is 0 Å². The molecule has 0 N–H and O–H groups in total. The van der Waals surface area contributed by atoms with E-state index in [-0.39, 0.29) is 5.38 Å². The molecule has 10 heteroatoms. The first-order valence-corrected chi connectivity index (χ1v) is 10.6. The van der Waals surface area contributed by atoms with Gasteiger partial charge in [0.05, 0.1) is 5.03 Å². The van der Waals surface area contributed by atoms with Crippen molar-refractivity contribution >= 4 is 30.2 Å². The van der Waals surface area contributed by atoms with E-state index in [2.05, 4.69) is 8.86 Å². The maximum absolute atomic E-state index is 12.2. The Kier molecular flexibility index (Phi) is 5.04. The van der Waals surface area contributed by atoms with Crippen molar-refractivity contribution < 1.29 is 25.5 Å². The van der Waals surface area contributed by atoms with Gasteiger partial charge < -0.3 is 3.87 Å². The quantitative estimate of drug-likeness (QED) is 0.472. The summed E-state index contributed by atoms with van der Waals surface area (Å²) in [6.45, 7) is 2.82. The van der Waals surface area contributed by atoms with E-state index in [0.29, 0.717) is 5.03 Å². The molecule has 0 saturated carbocycles. The average Bonchev–Trinajstić information content (AvgIpc) is 2.25. The summed E-state index contributed by atoms with van der Waals surface area (Å²) in [6, 6.07) is 5.13. The highest BCUT2D eigenvalue weighted by molar-refractivity contribution is 8.01. The molecule has 1 aromatic rings. The molecule has 0 radical (unpaired) electrons. The average molecular weight is 331 g/mol. The molecule has 0 aliphatic heterocycles. The van der Waals surface area contributed by atoms with Crippen molar-refractivity contribution in [3.8, 4) is 0 Å². The minimum absolute atomic E-state index is 0.152. The SMILES string of the molecule is C[Si](C)(CSc1ccccn1)OS(=O)(=O)C(F)(F)F. The number of halogens is 3. The summed E-state index contributed by atoms with van der Waals surface area (Å²) in [6.07, 6.45) is 1.55. The Morgan fingerprint density at radius 1 is 1.37 bits per heavy atom. The van der Waals surface area contributed by atoms with Gasteiger partial charge in [0.1, 0.15) is 0 Å². The van der Waals surface area contributed by atoms with Crippen LogP contribution in [0.25, 0.3) is 0 Å². The lowest BCUT2D eigenvalue weighted by atomic mass is 10.5. The maximum atomic E-state index is 12.2. The first-order valence-electron chi connectivity index (χ1n) is 5.09. The number of hydrogen-bond acceptors (Lipinski definition) is 5. The van der Waals surface area contributed by atoms with Crippen LogP contribution < -0.4 is 0 Å². The summed E-state index contributed by atoms with van der Waals surface area (Å²) in [5.74, 6) is 0. The van der Waals surface area contributed by atoms with Crippen molar-refractivity contribution in [1.29, 1.82) is 0 Å². The van der Waals surface area contributed by atoms with Crippen LogP contribution in [0.2, 0.25) is 13.1 Å². The predicted octanol–water partition coefficient (Wildman–Crippen LogP) is 2.78. The Balaban J connectivity index is 2.67. The standard InChI is InChI=1S/C9H12F3NO3S2Si/c1-19(2,16-18(14,15)9(10,11)12)7-17-8-5-3-4-6-13-8/h3-6H,7H2,1-2H3. The largest absolute Gasteiger partial charge is 0.522 e. The fourth-order valence-electron chi connectivity index (χ4n) is 1.05. The molecular formula is C9H12F3NO3S2Si. The van der Waals surface area contributed by atoms with Crippen LogP contribution in [-0.2, 0) is 14.0 Å². The zero-order chi connectivity index (χ0) is 14.7. The molecule has 0 saturated heterocycles. The molecule has 0 fully saturated rings. The number of thioether (sulfide) groups is 1. The van der Waals surface area contributed by atoms with Crippen molar-refractivity contribution in [2.24, 2.45) is 0 Å². The van der Waals surface area contributed by atoms with Crippen LogP contribution in [0.5, 0.6) is 0 Å².